The molecule has 2 aromatic rings. The fourth-order valence-corrected chi connectivity index (χ4v) is 3.09. The van der Waals surface area contributed by atoms with Crippen LogP contribution < -0.4 is 0 Å². The predicted octanol–water partition coefficient (Wildman–Crippen LogP) is 4.31. The van der Waals surface area contributed by atoms with Gasteiger partial charge >= 0.3 is 5.97 Å². The number of carbonyl (C=O) groups excluding carboxylic acids is 1. The first-order chi connectivity index (χ1) is 9.15. The molecule has 0 unspecified atom stereocenters. The number of halogens is 1. The van der Waals surface area contributed by atoms with E-state index in [0.717, 1.165) is 12.0 Å². The van der Waals surface area contributed by atoms with Crippen molar-refractivity contribution in [1.29, 1.82) is 0 Å². The molecule has 0 fully saturated rings. The Morgan fingerprint density at radius 1 is 1.32 bits per heavy atom. The number of nitrogens with zero attached hydrogens (tertiary/aromatic N) is 1. The van der Waals surface area contributed by atoms with Crippen LogP contribution in [0.4, 0.5) is 0 Å². The number of carbonyl (C=O) groups is 1. The van der Waals surface area contributed by atoms with Gasteiger partial charge in [0, 0.05) is 5.56 Å². The number of benzene rings is 1. The summed E-state index contributed by atoms with van der Waals surface area (Å²) in [7, 11) is 0. The molecule has 0 N–H and O–H groups in total. The van der Waals surface area contributed by atoms with Gasteiger partial charge in [-0.3, -0.25) is 0 Å². The average molecular weight is 340 g/mol. The van der Waals surface area contributed by atoms with Crippen molar-refractivity contribution in [3.05, 3.63) is 38.6 Å². The SMILES string of the molecule is CCOC(=O)c1sc(Br)nc1-c1ccc(CC)cc1. The van der Waals surface area contributed by atoms with E-state index in [-0.39, 0.29) is 5.97 Å². The molecule has 1 aromatic carbocycles. The van der Waals surface area contributed by atoms with Gasteiger partial charge in [0.25, 0.3) is 0 Å². The minimum Gasteiger partial charge on any atom is -0.462 e. The lowest BCUT2D eigenvalue weighted by Gasteiger charge is -2.03. The van der Waals surface area contributed by atoms with E-state index < -0.39 is 0 Å². The van der Waals surface area contributed by atoms with Crippen LogP contribution in [0.15, 0.2) is 28.2 Å². The van der Waals surface area contributed by atoms with Crippen LogP contribution in [0.5, 0.6) is 0 Å². The van der Waals surface area contributed by atoms with Gasteiger partial charge in [0.05, 0.1) is 12.3 Å². The van der Waals surface area contributed by atoms with Crippen LogP contribution in [-0.4, -0.2) is 17.6 Å². The molecule has 2 rings (SSSR count). The van der Waals surface area contributed by atoms with Crippen molar-refractivity contribution >= 4 is 33.2 Å². The number of esters is 1. The molecule has 0 saturated carbocycles. The molecule has 0 aliphatic rings. The maximum absolute atomic E-state index is 11.9. The van der Waals surface area contributed by atoms with Crippen LogP contribution in [0, 0.1) is 0 Å². The second-order valence-corrected chi connectivity index (χ2v) is 6.19. The number of aryl methyl sites for hydroxylation is 1. The smallest absolute Gasteiger partial charge is 0.350 e. The molecule has 0 atom stereocenters. The highest BCUT2D eigenvalue weighted by molar-refractivity contribution is 9.11. The number of hydrogen-bond donors (Lipinski definition) is 0. The summed E-state index contributed by atoms with van der Waals surface area (Å²) in [6.07, 6.45) is 0.992. The molecular weight excluding hydrogens is 326 g/mol. The fourth-order valence-electron chi connectivity index (χ4n) is 1.72. The van der Waals surface area contributed by atoms with Gasteiger partial charge in [0.15, 0.2) is 3.92 Å². The third-order valence-corrected chi connectivity index (χ3v) is 4.18. The number of hydrogen-bond acceptors (Lipinski definition) is 4. The summed E-state index contributed by atoms with van der Waals surface area (Å²) < 4.78 is 5.74. The molecule has 19 heavy (non-hydrogen) atoms. The van der Waals surface area contributed by atoms with E-state index in [1.807, 2.05) is 12.1 Å². The second-order valence-electron chi connectivity index (χ2n) is 3.92. The number of aromatic nitrogens is 1. The van der Waals surface area contributed by atoms with Crippen molar-refractivity contribution in [2.24, 2.45) is 0 Å². The molecule has 0 aliphatic heterocycles. The highest BCUT2D eigenvalue weighted by atomic mass is 79.9. The summed E-state index contributed by atoms with van der Waals surface area (Å²) in [6.45, 7) is 4.27. The molecular formula is C14H14BrNO2S. The van der Waals surface area contributed by atoms with E-state index in [4.69, 9.17) is 4.74 Å². The van der Waals surface area contributed by atoms with E-state index in [1.54, 1.807) is 6.92 Å². The summed E-state index contributed by atoms with van der Waals surface area (Å²) >= 11 is 4.63. The highest BCUT2D eigenvalue weighted by Gasteiger charge is 2.19. The van der Waals surface area contributed by atoms with Gasteiger partial charge in [-0.1, -0.05) is 42.5 Å². The lowest BCUT2D eigenvalue weighted by molar-refractivity contribution is 0.0532. The van der Waals surface area contributed by atoms with Gasteiger partial charge in [-0.05, 0) is 34.8 Å². The molecule has 0 saturated heterocycles. The summed E-state index contributed by atoms with van der Waals surface area (Å²) in [5.74, 6) is -0.319. The Morgan fingerprint density at radius 3 is 2.58 bits per heavy atom. The second kappa shape index (κ2) is 6.30. The fraction of sp³-hybridized carbons (Fsp3) is 0.286. The quantitative estimate of drug-likeness (QED) is 0.779. The maximum atomic E-state index is 11.9. The van der Waals surface area contributed by atoms with Crippen molar-refractivity contribution in [2.45, 2.75) is 20.3 Å². The van der Waals surface area contributed by atoms with Gasteiger partial charge in [-0.2, -0.15) is 0 Å². The van der Waals surface area contributed by atoms with E-state index in [2.05, 4.69) is 40.0 Å². The Bertz CT molecular complexity index is 578. The summed E-state index contributed by atoms with van der Waals surface area (Å²) in [6, 6.07) is 8.08. The largest absolute Gasteiger partial charge is 0.462 e. The van der Waals surface area contributed by atoms with E-state index >= 15 is 0 Å². The summed E-state index contributed by atoms with van der Waals surface area (Å²) in [5.41, 5.74) is 2.87. The standard InChI is InChI=1S/C14H14BrNO2S/c1-3-9-5-7-10(8-6-9)11-12(13(17)18-4-2)19-14(15)16-11/h5-8H,3-4H2,1-2H3. The lowest BCUT2D eigenvalue weighted by Crippen LogP contribution is -2.03. The van der Waals surface area contributed by atoms with Gasteiger partial charge in [0.1, 0.15) is 4.88 Å². The van der Waals surface area contributed by atoms with Gasteiger partial charge in [-0.25, -0.2) is 9.78 Å². The predicted molar refractivity (Wildman–Crippen MR) is 80.6 cm³/mol. The molecule has 0 aliphatic carbocycles. The Kier molecular flexibility index (Phi) is 4.71. The van der Waals surface area contributed by atoms with Crippen molar-refractivity contribution < 1.29 is 9.53 Å². The summed E-state index contributed by atoms with van der Waals surface area (Å²) in [4.78, 5) is 16.8. The molecule has 1 aromatic heterocycles. The first-order valence-corrected chi connectivity index (χ1v) is 7.69. The zero-order chi connectivity index (χ0) is 13.8. The van der Waals surface area contributed by atoms with Crippen molar-refractivity contribution in [2.75, 3.05) is 6.61 Å². The topological polar surface area (TPSA) is 39.2 Å². The molecule has 1 heterocycles. The van der Waals surface area contributed by atoms with Gasteiger partial charge in [0.2, 0.25) is 0 Å². The van der Waals surface area contributed by atoms with Gasteiger partial charge < -0.3 is 4.74 Å². The van der Waals surface area contributed by atoms with Crippen molar-refractivity contribution in [3.8, 4) is 11.3 Å². The average Bonchev–Trinajstić information content (AvgIpc) is 2.81. The van der Waals surface area contributed by atoms with Crippen LogP contribution in [0.1, 0.15) is 29.1 Å². The third-order valence-electron chi connectivity index (χ3n) is 2.70. The Labute approximate surface area is 124 Å². The molecule has 5 heteroatoms. The first-order valence-electron chi connectivity index (χ1n) is 6.08. The van der Waals surface area contributed by atoms with Crippen LogP contribution in [0.2, 0.25) is 0 Å². The molecule has 3 nitrogen and oxygen atoms in total. The Morgan fingerprint density at radius 2 is 2.00 bits per heavy atom. The van der Waals surface area contributed by atoms with Crippen LogP contribution in [0.3, 0.4) is 0 Å². The lowest BCUT2D eigenvalue weighted by atomic mass is 10.1. The van der Waals surface area contributed by atoms with E-state index in [0.29, 0.717) is 21.1 Å². The van der Waals surface area contributed by atoms with E-state index in [1.165, 1.54) is 16.9 Å². The highest BCUT2D eigenvalue weighted by Crippen LogP contribution is 2.31. The monoisotopic (exact) mass is 339 g/mol. The minimum atomic E-state index is -0.319. The normalized spacial score (nSPS) is 10.5. The summed E-state index contributed by atoms with van der Waals surface area (Å²) in [5, 5.41) is 0. The zero-order valence-corrected chi connectivity index (χ0v) is 13.2. The zero-order valence-electron chi connectivity index (χ0n) is 10.8. The first kappa shape index (κ1) is 14.2. The number of ether oxygens (including phenoxy) is 1. The van der Waals surface area contributed by atoms with Gasteiger partial charge in [-0.15, -0.1) is 0 Å². The Balaban J connectivity index is 2.40. The molecule has 0 amide bonds. The number of thiazole rings is 1. The third kappa shape index (κ3) is 3.22. The van der Waals surface area contributed by atoms with Crippen LogP contribution in [-0.2, 0) is 11.2 Å². The molecule has 100 valence electrons. The number of rotatable bonds is 4. The molecule has 0 bridgehead atoms. The Hall–Kier alpha value is -1.20. The van der Waals surface area contributed by atoms with Crippen LogP contribution in [0.25, 0.3) is 11.3 Å². The van der Waals surface area contributed by atoms with Crippen molar-refractivity contribution in [1.82, 2.24) is 4.98 Å². The molecule has 0 spiro atoms. The molecule has 0 radical (unpaired) electrons. The minimum absolute atomic E-state index is 0.319. The van der Waals surface area contributed by atoms with Crippen LogP contribution >= 0.6 is 27.3 Å². The maximum Gasteiger partial charge on any atom is 0.350 e. The van der Waals surface area contributed by atoms with Crippen molar-refractivity contribution in [3.63, 3.8) is 0 Å². The van der Waals surface area contributed by atoms with E-state index in [9.17, 15) is 4.79 Å².